The average Bonchev–Trinajstić information content (AvgIpc) is 3.07. The molecule has 0 amide bonds. The van der Waals surface area contributed by atoms with Crippen LogP contribution >= 0.6 is 0 Å². The van der Waals surface area contributed by atoms with Gasteiger partial charge in [0.1, 0.15) is 0 Å². The molecular formula is C23H16N2. The highest BCUT2D eigenvalue weighted by Gasteiger charge is 2.13. The Balaban J connectivity index is 1.83. The number of hydrogen-bond acceptors (Lipinski definition) is 1. The molecule has 3 aromatic carbocycles. The fourth-order valence-corrected chi connectivity index (χ4v) is 3.54. The molecule has 5 aromatic rings. The van der Waals surface area contributed by atoms with E-state index in [1.165, 1.54) is 16.3 Å². The molecule has 2 aromatic heterocycles. The highest BCUT2D eigenvalue weighted by atomic mass is 14.7. The van der Waals surface area contributed by atoms with Crippen molar-refractivity contribution in [3.63, 3.8) is 0 Å². The summed E-state index contributed by atoms with van der Waals surface area (Å²) in [6.07, 6.45) is 1.86. The van der Waals surface area contributed by atoms with Gasteiger partial charge in [0.2, 0.25) is 0 Å². The summed E-state index contributed by atoms with van der Waals surface area (Å²) in [6, 6.07) is 29.4. The van der Waals surface area contributed by atoms with Crippen LogP contribution in [0.5, 0.6) is 0 Å². The van der Waals surface area contributed by atoms with Gasteiger partial charge in [0, 0.05) is 33.6 Å². The lowest BCUT2D eigenvalue weighted by Crippen LogP contribution is -1.89. The molecule has 0 saturated carbocycles. The lowest BCUT2D eigenvalue weighted by molar-refractivity contribution is 1.33. The second kappa shape index (κ2) is 5.60. The van der Waals surface area contributed by atoms with Crippen molar-refractivity contribution in [2.75, 3.05) is 0 Å². The second-order valence-electron chi connectivity index (χ2n) is 6.16. The van der Waals surface area contributed by atoms with Gasteiger partial charge in [0.15, 0.2) is 0 Å². The van der Waals surface area contributed by atoms with Gasteiger partial charge in [-0.2, -0.15) is 0 Å². The fraction of sp³-hybridized carbons (Fsp3) is 0. The van der Waals surface area contributed by atoms with E-state index in [9.17, 15) is 0 Å². The van der Waals surface area contributed by atoms with Gasteiger partial charge >= 0.3 is 0 Å². The molecule has 2 heterocycles. The Morgan fingerprint density at radius 2 is 1.36 bits per heavy atom. The molecule has 2 nitrogen and oxygen atoms in total. The standard InChI is InChI=1S/C23H16N2/c1-2-8-16(9-3-1)17-13-7-15-24-22(17)20-12-6-11-19-18-10-4-5-14-21(18)25-23(19)20/h1-15,25H. The normalized spacial score (nSPS) is 11.2. The van der Waals surface area contributed by atoms with Crippen molar-refractivity contribution in [1.29, 1.82) is 0 Å². The number of hydrogen-bond donors (Lipinski definition) is 1. The zero-order valence-electron chi connectivity index (χ0n) is 13.6. The van der Waals surface area contributed by atoms with E-state index >= 15 is 0 Å². The number of pyridine rings is 1. The van der Waals surface area contributed by atoms with E-state index in [0.717, 1.165) is 27.9 Å². The van der Waals surface area contributed by atoms with Gasteiger partial charge in [-0.1, -0.05) is 72.8 Å². The quantitative estimate of drug-likeness (QED) is 0.421. The van der Waals surface area contributed by atoms with E-state index in [0.29, 0.717) is 0 Å². The Kier molecular flexibility index (Phi) is 3.14. The maximum Gasteiger partial charge on any atom is 0.0801 e. The van der Waals surface area contributed by atoms with E-state index in [1.807, 2.05) is 18.3 Å². The van der Waals surface area contributed by atoms with Gasteiger partial charge in [-0.05, 0) is 17.7 Å². The molecule has 2 heteroatoms. The molecule has 0 spiro atoms. The summed E-state index contributed by atoms with van der Waals surface area (Å²) in [5, 5.41) is 2.48. The molecule has 25 heavy (non-hydrogen) atoms. The Bertz CT molecular complexity index is 1190. The van der Waals surface area contributed by atoms with Gasteiger partial charge < -0.3 is 4.98 Å². The van der Waals surface area contributed by atoms with Crippen molar-refractivity contribution in [3.8, 4) is 22.4 Å². The molecular weight excluding hydrogens is 304 g/mol. The zero-order valence-corrected chi connectivity index (χ0v) is 13.6. The summed E-state index contributed by atoms with van der Waals surface area (Å²) >= 11 is 0. The molecule has 0 fully saturated rings. The number of nitrogens with zero attached hydrogens (tertiary/aromatic N) is 1. The molecule has 0 saturated heterocycles. The summed E-state index contributed by atoms with van der Waals surface area (Å²) in [6.45, 7) is 0. The zero-order chi connectivity index (χ0) is 16.6. The van der Waals surface area contributed by atoms with Crippen molar-refractivity contribution >= 4 is 21.8 Å². The second-order valence-corrected chi connectivity index (χ2v) is 6.16. The maximum absolute atomic E-state index is 4.73. The Labute approximate surface area is 145 Å². The first-order valence-corrected chi connectivity index (χ1v) is 8.42. The number of aromatic amines is 1. The van der Waals surface area contributed by atoms with Gasteiger partial charge in [-0.3, -0.25) is 4.98 Å². The minimum Gasteiger partial charge on any atom is -0.354 e. The van der Waals surface area contributed by atoms with E-state index in [1.54, 1.807) is 0 Å². The molecule has 0 bridgehead atoms. The lowest BCUT2D eigenvalue weighted by atomic mass is 9.98. The van der Waals surface area contributed by atoms with Crippen molar-refractivity contribution in [2.24, 2.45) is 0 Å². The van der Waals surface area contributed by atoms with Crippen molar-refractivity contribution in [1.82, 2.24) is 9.97 Å². The van der Waals surface area contributed by atoms with Crippen molar-refractivity contribution in [3.05, 3.63) is 91.1 Å². The largest absolute Gasteiger partial charge is 0.354 e. The Morgan fingerprint density at radius 1 is 0.600 bits per heavy atom. The van der Waals surface area contributed by atoms with Crippen LogP contribution < -0.4 is 0 Å². The Hall–Kier alpha value is -3.39. The number of nitrogens with one attached hydrogen (secondary N) is 1. The van der Waals surface area contributed by atoms with Crippen LogP contribution in [0.3, 0.4) is 0 Å². The predicted molar refractivity (Wildman–Crippen MR) is 104 cm³/mol. The van der Waals surface area contributed by atoms with Gasteiger partial charge in [-0.25, -0.2) is 0 Å². The van der Waals surface area contributed by atoms with Crippen LogP contribution in [0.2, 0.25) is 0 Å². The van der Waals surface area contributed by atoms with Crippen LogP contribution in [0.25, 0.3) is 44.2 Å². The lowest BCUT2D eigenvalue weighted by Gasteiger charge is -2.10. The molecule has 0 radical (unpaired) electrons. The molecule has 5 rings (SSSR count). The van der Waals surface area contributed by atoms with Gasteiger partial charge in [0.25, 0.3) is 0 Å². The molecule has 0 aliphatic rings. The number of rotatable bonds is 2. The van der Waals surface area contributed by atoms with Crippen LogP contribution in [0.1, 0.15) is 0 Å². The summed E-state index contributed by atoms with van der Waals surface area (Å²) < 4.78 is 0. The van der Waals surface area contributed by atoms with E-state index in [4.69, 9.17) is 4.98 Å². The molecule has 118 valence electrons. The maximum atomic E-state index is 4.73. The van der Waals surface area contributed by atoms with Crippen LogP contribution in [-0.4, -0.2) is 9.97 Å². The van der Waals surface area contributed by atoms with Crippen molar-refractivity contribution < 1.29 is 0 Å². The number of H-pyrrole nitrogens is 1. The van der Waals surface area contributed by atoms with Crippen LogP contribution in [0.15, 0.2) is 91.1 Å². The fourth-order valence-electron chi connectivity index (χ4n) is 3.54. The minimum atomic E-state index is 1.01. The highest BCUT2D eigenvalue weighted by molar-refractivity contribution is 6.12. The number of fused-ring (bicyclic) bond motifs is 3. The predicted octanol–water partition coefficient (Wildman–Crippen LogP) is 6.05. The topological polar surface area (TPSA) is 28.7 Å². The first kappa shape index (κ1) is 14.0. The van der Waals surface area contributed by atoms with Gasteiger partial charge in [-0.15, -0.1) is 0 Å². The number of aromatic nitrogens is 2. The third-order valence-electron chi connectivity index (χ3n) is 4.69. The molecule has 0 aliphatic carbocycles. The number of para-hydroxylation sites is 2. The molecule has 0 unspecified atom stereocenters. The average molecular weight is 320 g/mol. The van der Waals surface area contributed by atoms with Crippen LogP contribution in [0, 0.1) is 0 Å². The molecule has 0 atom stereocenters. The smallest absolute Gasteiger partial charge is 0.0801 e. The minimum absolute atomic E-state index is 1.01. The van der Waals surface area contributed by atoms with Crippen molar-refractivity contribution in [2.45, 2.75) is 0 Å². The summed E-state index contributed by atoms with van der Waals surface area (Å²) in [5.41, 5.74) is 6.76. The van der Waals surface area contributed by atoms with E-state index in [2.05, 4.69) is 77.8 Å². The highest BCUT2D eigenvalue weighted by Crippen LogP contribution is 2.36. The summed E-state index contributed by atoms with van der Waals surface area (Å²) in [4.78, 5) is 8.31. The van der Waals surface area contributed by atoms with Crippen LogP contribution in [0.4, 0.5) is 0 Å². The third kappa shape index (κ3) is 2.23. The SMILES string of the molecule is c1ccc(-c2cccnc2-c2cccc3c2[nH]c2ccccc23)cc1. The molecule has 1 N–H and O–H groups in total. The first-order chi connectivity index (χ1) is 12.4. The van der Waals surface area contributed by atoms with Gasteiger partial charge in [0.05, 0.1) is 11.2 Å². The first-order valence-electron chi connectivity index (χ1n) is 8.42. The summed E-state index contributed by atoms with van der Waals surface area (Å²) in [5.74, 6) is 0. The molecule has 0 aliphatic heterocycles. The monoisotopic (exact) mass is 320 g/mol. The van der Waals surface area contributed by atoms with Crippen LogP contribution in [-0.2, 0) is 0 Å². The van der Waals surface area contributed by atoms with E-state index < -0.39 is 0 Å². The van der Waals surface area contributed by atoms with E-state index in [-0.39, 0.29) is 0 Å². The number of benzene rings is 3. The Morgan fingerprint density at radius 3 is 2.28 bits per heavy atom. The summed E-state index contributed by atoms with van der Waals surface area (Å²) in [7, 11) is 0. The third-order valence-corrected chi connectivity index (χ3v) is 4.69.